The van der Waals surface area contributed by atoms with E-state index in [0.29, 0.717) is 5.92 Å². The average molecular weight is 300 g/mol. The van der Waals surface area contributed by atoms with Crippen LogP contribution in [-0.2, 0) is 10.0 Å². The Morgan fingerprint density at radius 3 is 2.70 bits per heavy atom. The van der Waals surface area contributed by atoms with Gasteiger partial charge in [0.05, 0.1) is 10.5 Å². The third-order valence-corrected chi connectivity index (χ3v) is 4.18. The van der Waals surface area contributed by atoms with E-state index in [-0.39, 0.29) is 16.5 Å². The summed E-state index contributed by atoms with van der Waals surface area (Å²) in [5.74, 6) is -0.763. The van der Waals surface area contributed by atoms with Crippen molar-refractivity contribution in [2.24, 2.45) is 11.1 Å². The van der Waals surface area contributed by atoms with Gasteiger partial charge in [0.15, 0.2) is 0 Å². The fourth-order valence-electron chi connectivity index (χ4n) is 2.07. The molecule has 1 saturated carbocycles. The van der Waals surface area contributed by atoms with Crippen molar-refractivity contribution in [2.45, 2.75) is 37.1 Å². The Morgan fingerprint density at radius 1 is 1.50 bits per heavy atom. The van der Waals surface area contributed by atoms with Crippen molar-refractivity contribution in [1.82, 2.24) is 5.32 Å². The quantitative estimate of drug-likeness (QED) is 0.861. The zero-order valence-electron chi connectivity index (χ0n) is 11.1. The molecule has 3 N–H and O–H groups in total. The lowest BCUT2D eigenvalue weighted by atomic mass is 10.1. The number of nitrogens with two attached hydrogens (primary N) is 1. The molecule has 7 heteroatoms. The van der Waals surface area contributed by atoms with Crippen LogP contribution in [0.2, 0.25) is 0 Å². The van der Waals surface area contributed by atoms with Gasteiger partial charge in [-0.15, -0.1) is 0 Å². The summed E-state index contributed by atoms with van der Waals surface area (Å²) in [7, 11) is -3.96. The maximum absolute atomic E-state index is 13.6. The maximum atomic E-state index is 13.6. The van der Waals surface area contributed by atoms with Crippen LogP contribution in [0.1, 0.15) is 36.5 Å². The smallest absolute Gasteiger partial charge is 0.254 e. The minimum absolute atomic E-state index is 0.0764. The molecule has 0 bridgehead atoms. The molecular weight excluding hydrogens is 283 g/mol. The summed E-state index contributed by atoms with van der Waals surface area (Å²) in [6.45, 7) is 1.84. The molecule has 0 heterocycles. The van der Waals surface area contributed by atoms with Gasteiger partial charge >= 0.3 is 0 Å². The molecule has 0 aliphatic heterocycles. The van der Waals surface area contributed by atoms with E-state index in [1.165, 1.54) is 0 Å². The summed E-state index contributed by atoms with van der Waals surface area (Å²) in [6.07, 6.45) is 3.17. The maximum Gasteiger partial charge on any atom is 0.254 e. The van der Waals surface area contributed by atoms with Gasteiger partial charge in [0, 0.05) is 6.04 Å². The van der Waals surface area contributed by atoms with Crippen molar-refractivity contribution in [1.29, 1.82) is 0 Å². The number of halogens is 1. The molecule has 110 valence electrons. The van der Waals surface area contributed by atoms with Crippen LogP contribution in [0.5, 0.6) is 0 Å². The van der Waals surface area contributed by atoms with E-state index in [9.17, 15) is 17.6 Å². The number of rotatable bonds is 5. The molecule has 20 heavy (non-hydrogen) atoms. The van der Waals surface area contributed by atoms with Gasteiger partial charge in [-0.1, -0.05) is 12.8 Å². The number of carbonyl (C=O) groups is 1. The fourth-order valence-corrected chi connectivity index (χ4v) is 2.61. The van der Waals surface area contributed by atoms with E-state index in [2.05, 4.69) is 5.32 Å². The average Bonchev–Trinajstić information content (AvgIpc) is 3.11. The largest absolute Gasteiger partial charge is 0.349 e. The van der Waals surface area contributed by atoms with Crippen LogP contribution in [0.3, 0.4) is 0 Å². The van der Waals surface area contributed by atoms with E-state index in [0.717, 1.165) is 37.5 Å². The van der Waals surface area contributed by atoms with Crippen LogP contribution < -0.4 is 10.5 Å². The normalized spacial score (nSPS) is 16.8. The van der Waals surface area contributed by atoms with Crippen molar-refractivity contribution in [3.63, 3.8) is 0 Å². The fraction of sp³-hybridized carbons (Fsp3) is 0.462. The van der Waals surface area contributed by atoms with E-state index < -0.39 is 21.7 Å². The van der Waals surface area contributed by atoms with E-state index in [1.807, 2.05) is 6.92 Å². The Kier molecular flexibility index (Phi) is 4.10. The van der Waals surface area contributed by atoms with E-state index in [4.69, 9.17) is 5.14 Å². The van der Waals surface area contributed by atoms with Gasteiger partial charge in [-0.25, -0.2) is 17.9 Å². The second-order valence-corrected chi connectivity index (χ2v) is 6.80. The molecular formula is C13H17FN2O3S. The van der Waals surface area contributed by atoms with Crippen LogP contribution >= 0.6 is 0 Å². The molecule has 0 aromatic heterocycles. The van der Waals surface area contributed by atoms with Crippen LogP contribution in [0.4, 0.5) is 4.39 Å². The Balaban J connectivity index is 2.15. The summed E-state index contributed by atoms with van der Waals surface area (Å²) >= 11 is 0. The molecule has 1 amide bonds. The van der Waals surface area contributed by atoms with Gasteiger partial charge < -0.3 is 5.32 Å². The molecule has 1 unspecified atom stereocenters. The topological polar surface area (TPSA) is 89.3 Å². The molecule has 1 aliphatic carbocycles. The second kappa shape index (κ2) is 5.49. The summed E-state index contributed by atoms with van der Waals surface area (Å²) in [5.41, 5.74) is -0.306. The summed E-state index contributed by atoms with van der Waals surface area (Å²) < 4.78 is 36.1. The van der Waals surface area contributed by atoms with Crippen LogP contribution in [0, 0.1) is 11.7 Å². The minimum Gasteiger partial charge on any atom is -0.349 e. The number of hydrogen-bond donors (Lipinski definition) is 2. The summed E-state index contributed by atoms with van der Waals surface area (Å²) in [4.78, 5) is 11.7. The third kappa shape index (κ3) is 3.77. The highest BCUT2D eigenvalue weighted by molar-refractivity contribution is 7.89. The highest BCUT2D eigenvalue weighted by Crippen LogP contribution is 2.33. The van der Waals surface area contributed by atoms with Gasteiger partial charge in [-0.3, -0.25) is 4.79 Å². The third-order valence-electron chi connectivity index (χ3n) is 3.27. The molecule has 0 radical (unpaired) electrons. The molecule has 2 rings (SSSR count). The first kappa shape index (κ1) is 14.9. The lowest BCUT2D eigenvalue weighted by Gasteiger charge is -2.14. The van der Waals surface area contributed by atoms with Crippen LogP contribution in [0.15, 0.2) is 23.1 Å². The molecule has 1 atom stereocenters. The first-order chi connectivity index (χ1) is 9.27. The molecule has 1 aliphatic rings. The highest BCUT2D eigenvalue weighted by atomic mass is 32.2. The Bertz CT molecular complexity index is 627. The van der Waals surface area contributed by atoms with Crippen molar-refractivity contribution in [3.8, 4) is 0 Å². The predicted octanol–water partition coefficient (Wildman–Crippen LogP) is 1.39. The Morgan fingerprint density at radius 2 is 2.15 bits per heavy atom. The first-order valence-electron chi connectivity index (χ1n) is 6.40. The van der Waals surface area contributed by atoms with Crippen molar-refractivity contribution >= 4 is 15.9 Å². The van der Waals surface area contributed by atoms with Gasteiger partial charge in [-0.05, 0) is 37.5 Å². The molecule has 1 aromatic carbocycles. The first-order valence-corrected chi connectivity index (χ1v) is 7.95. The van der Waals surface area contributed by atoms with E-state index >= 15 is 0 Å². The van der Waals surface area contributed by atoms with Gasteiger partial charge in [-0.2, -0.15) is 0 Å². The lowest BCUT2D eigenvalue weighted by molar-refractivity contribution is 0.0933. The molecule has 5 nitrogen and oxygen atoms in total. The van der Waals surface area contributed by atoms with Crippen molar-refractivity contribution < 1.29 is 17.6 Å². The second-order valence-electron chi connectivity index (χ2n) is 5.24. The molecule has 0 spiro atoms. The number of primary sulfonamides is 1. The number of nitrogens with one attached hydrogen (secondary N) is 1. The summed E-state index contributed by atoms with van der Waals surface area (Å²) in [5, 5.41) is 7.64. The van der Waals surface area contributed by atoms with E-state index in [1.54, 1.807) is 0 Å². The van der Waals surface area contributed by atoms with Crippen LogP contribution in [-0.4, -0.2) is 20.4 Å². The molecule has 0 saturated heterocycles. The van der Waals surface area contributed by atoms with Crippen LogP contribution in [0.25, 0.3) is 0 Å². The number of carbonyl (C=O) groups excluding carboxylic acids is 1. The minimum atomic E-state index is -3.96. The van der Waals surface area contributed by atoms with Crippen molar-refractivity contribution in [2.75, 3.05) is 0 Å². The van der Waals surface area contributed by atoms with Crippen molar-refractivity contribution in [3.05, 3.63) is 29.6 Å². The molecule has 1 fully saturated rings. The number of amides is 1. The summed E-state index contributed by atoms with van der Waals surface area (Å²) in [6, 6.07) is 2.85. The highest BCUT2D eigenvalue weighted by Gasteiger charge is 2.25. The predicted molar refractivity (Wildman–Crippen MR) is 72.0 cm³/mol. The van der Waals surface area contributed by atoms with Gasteiger partial charge in [0.1, 0.15) is 5.82 Å². The Labute approximate surface area is 117 Å². The zero-order chi connectivity index (χ0) is 14.9. The van der Waals surface area contributed by atoms with Gasteiger partial charge in [0.2, 0.25) is 10.0 Å². The number of benzene rings is 1. The Hall–Kier alpha value is -1.47. The monoisotopic (exact) mass is 300 g/mol. The number of sulfonamides is 1. The SMILES string of the molecule is CC(CC1CC1)NC(=O)c1cc(S(N)(=O)=O)ccc1F. The zero-order valence-corrected chi connectivity index (χ0v) is 11.9. The number of hydrogen-bond acceptors (Lipinski definition) is 3. The standard InChI is InChI=1S/C13H17FN2O3S/c1-8(6-9-2-3-9)16-13(17)11-7-10(20(15,18)19)4-5-12(11)14/h4-5,7-9H,2-3,6H2,1H3,(H,16,17)(H2,15,18,19). The van der Waals surface area contributed by atoms with Gasteiger partial charge in [0.25, 0.3) is 5.91 Å². The lowest BCUT2D eigenvalue weighted by Crippen LogP contribution is -2.33. The molecule has 1 aromatic rings.